The van der Waals surface area contributed by atoms with Crippen LogP contribution >= 0.6 is 0 Å². The zero-order valence-electron chi connectivity index (χ0n) is 18.9. The summed E-state index contributed by atoms with van der Waals surface area (Å²) >= 11 is 0. The third kappa shape index (κ3) is 6.22. The Morgan fingerprint density at radius 2 is 1.91 bits per heavy atom. The van der Waals surface area contributed by atoms with E-state index in [9.17, 15) is 9.59 Å². The average Bonchev–Trinajstić information content (AvgIpc) is 3.25. The Morgan fingerprint density at radius 1 is 1.12 bits per heavy atom. The lowest BCUT2D eigenvalue weighted by molar-refractivity contribution is -0.135. The van der Waals surface area contributed by atoms with Crippen LogP contribution in [0.3, 0.4) is 0 Å². The number of hydrogen-bond donors (Lipinski definition) is 1. The zero-order valence-corrected chi connectivity index (χ0v) is 18.9. The quantitative estimate of drug-likeness (QED) is 0.570. The molecule has 1 aromatic heterocycles. The number of aryl methyl sites for hydroxylation is 1. The minimum absolute atomic E-state index is 0.0302. The minimum Gasteiger partial charge on any atom is -0.493 e. The molecule has 1 atom stereocenters. The molecule has 0 aliphatic carbocycles. The van der Waals surface area contributed by atoms with Crippen LogP contribution < -0.4 is 10.1 Å². The van der Waals surface area contributed by atoms with Crippen LogP contribution in [0.15, 0.2) is 67.0 Å². The molecule has 7 nitrogen and oxygen atoms in total. The van der Waals surface area contributed by atoms with Crippen LogP contribution in [0.25, 0.3) is 0 Å². The molecule has 2 heterocycles. The monoisotopic (exact) mass is 446 g/mol. The normalized spacial score (nSPS) is 15.8. The number of likely N-dealkylation sites (tertiary alicyclic amines) is 1. The molecule has 3 aromatic rings. The van der Waals surface area contributed by atoms with E-state index in [0.717, 1.165) is 42.2 Å². The maximum atomic E-state index is 12.8. The van der Waals surface area contributed by atoms with Gasteiger partial charge in [0.15, 0.2) is 0 Å². The highest BCUT2D eigenvalue weighted by atomic mass is 16.5. The predicted octanol–water partition coefficient (Wildman–Crippen LogP) is 3.89. The lowest BCUT2D eigenvalue weighted by atomic mass is 9.96. The first-order chi connectivity index (χ1) is 16.1. The second kappa shape index (κ2) is 10.8. The summed E-state index contributed by atoms with van der Waals surface area (Å²) < 4.78 is 7.71. The van der Waals surface area contributed by atoms with Gasteiger partial charge in [-0.3, -0.25) is 9.59 Å². The van der Waals surface area contributed by atoms with Crippen LogP contribution in [-0.4, -0.2) is 46.0 Å². The van der Waals surface area contributed by atoms with Gasteiger partial charge in [0.2, 0.25) is 11.8 Å². The first-order valence-corrected chi connectivity index (χ1v) is 11.4. The molecule has 2 amide bonds. The lowest BCUT2D eigenvalue weighted by Gasteiger charge is -2.32. The number of anilines is 1. The molecular weight excluding hydrogens is 416 g/mol. The lowest BCUT2D eigenvalue weighted by Crippen LogP contribution is -2.44. The number of rotatable bonds is 8. The molecule has 2 aromatic carbocycles. The molecule has 1 aliphatic heterocycles. The topological polar surface area (TPSA) is 76.5 Å². The number of ether oxygens (including phenoxy) is 1. The van der Waals surface area contributed by atoms with Crippen molar-refractivity contribution in [2.24, 2.45) is 5.92 Å². The highest BCUT2D eigenvalue weighted by Gasteiger charge is 2.28. The van der Waals surface area contributed by atoms with Gasteiger partial charge in [0.25, 0.3) is 0 Å². The molecule has 0 bridgehead atoms. The van der Waals surface area contributed by atoms with Gasteiger partial charge in [-0.25, -0.2) is 4.98 Å². The zero-order chi connectivity index (χ0) is 23.0. The first-order valence-electron chi connectivity index (χ1n) is 11.4. The third-order valence-electron chi connectivity index (χ3n) is 5.97. The fraction of sp³-hybridized carbons (Fsp3) is 0.346. The van der Waals surface area contributed by atoms with E-state index in [-0.39, 0.29) is 17.7 Å². The maximum absolute atomic E-state index is 12.8. The smallest absolute Gasteiger partial charge is 0.229 e. The molecule has 1 N–H and O–H groups in total. The number of carbonyl (C=O) groups is 2. The summed E-state index contributed by atoms with van der Waals surface area (Å²) in [6, 6.07) is 17.3. The van der Waals surface area contributed by atoms with Gasteiger partial charge < -0.3 is 19.5 Å². The Bertz CT molecular complexity index is 1060. The molecular formula is C26H30N4O3. The van der Waals surface area contributed by atoms with Gasteiger partial charge in [0, 0.05) is 37.7 Å². The summed E-state index contributed by atoms with van der Waals surface area (Å²) in [5, 5.41) is 3.01. The van der Waals surface area contributed by atoms with E-state index in [4.69, 9.17) is 4.74 Å². The highest BCUT2D eigenvalue weighted by Crippen LogP contribution is 2.20. The fourth-order valence-corrected chi connectivity index (χ4v) is 4.05. The van der Waals surface area contributed by atoms with Crippen LogP contribution in [0.4, 0.5) is 5.69 Å². The number of para-hydroxylation sites is 1. The van der Waals surface area contributed by atoms with Gasteiger partial charge >= 0.3 is 0 Å². The van der Waals surface area contributed by atoms with E-state index in [1.807, 2.05) is 67.7 Å². The summed E-state index contributed by atoms with van der Waals surface area (Å²) in [4.78, 5) is 31.5. The summed E-state index contributed by atoms with van der Waals surface area (Å²) in [6.45, 7) is 4.20. The standard InChI is InChI=1S/C26H30N4O3/c1-20-27-14-16-29(20)18-21-9-11-23(12-10-21)28-26(32)22-6-5-15-30(19-22)25(31)13-17-33-24-7-3-2-4-8-24/h2-4,7-12,14,16,22H,5-6,13,15,17-19H2,1H3,(H,28,32). The molecule has 7 heteroatoms. The number of nitrogens with one attached hydrogen (secondary N) is 1. The van der Waals surface area contributed by atoms with Crippen LogP contribution in [0.5, 0.6) is 5.75 Å². The summed E-state index contributed by atoms with van der Waals surface area (Å²) in [5.74, 6) is 1.52. The van der Waals surface area contributed by atoms with Gasteiger partial charge in [-0.1, -0.05) is 30.3 Å². The summed E-state index contributed by atoms with van der Waals surface area (Å²) in [7, 11) is 0. The SMILES string of the molecule is Cc1nccn1Cc1ccc(NC(=O)C2CCCN(C(=O)CCOc3ccccc3)C2)cc1. The number of aromatic nitrogens is 2. The second-order valence-electron chi connectivity index (χ2n) is 8.38. The Kier molecular flexibility index (Phi) is 7.40. The first kappa shape index (κ1) is 22.6. The Morgan fingerprint density at radius 3 is 2.64 bits per heavy atom. The number of piperidine rings is 1. The largest absolute Gasteiger partial charge is 0.493 e. The van der Waals surface area contributed by atoms with Crippen molar-refractivity contribution in [1.82, 2.24) is 14.5 Å². The summed E-state index contributed by atoms with van der Waals surface area (Å²) in [5.41, 5.74) is 1.91. The van der Waals surface area contributed by atoms with E-state index in [0.29, 0.717) is 26.1 Å². The third-order valence-corrected chi connectivity index (χ3v) is 5.97. The highest BCUT2D eigenvalue weighted by molar-refractivity contribution is 5.93. The molecule has 1 fully saturated rings. The molecule has 1 aliphatic rings. The molecule has 0 saturated carbocycles. The molecule has 4 rings (SSSR count). The van der Waals surface area contributed by atoms with Crippen molar-refractivity contribution in [1.29, 1.82) is 0 Å². The minimum atomic E-state index is -0.203. The molecule has 0 radical (unpaired) electrons. The number of benzene rings is 2. The van der Waals surface area contributed by atoms with Crippen molar-refractivity contribution >= 4 is 17.5 Å². The predicted molar refractivity (Wildman–Crippen MR) is 127 cm³/mol. The number of nitrogens with zero attached hydrogens (tertiary/aromatic N) is 3. The number of imidazole rings is 1. The fourth-order valence-electron chi connectivity index (χ4n) is 4.05. The van der Waals surface area contributed by atoms with E-state index < -0.39 is 0 Å². The van der Waals surface area contributed by atoms with Crippen molar-refractivity contribution < 1.29 is 14.3 Å². The van der Waals surface area contributed by atoms with Gasteiger partial charge in [0.05, 0.1) is 18.9 Å². The van der Waals surface area contributed by atoms with Crippen molar-refractivity contribution in [2.75, 3.05) is 25.0 Å². The van der Waals surface area contributed by atoms with Crippen molar-refractivity contribution in [3.05, 3.63) is 78.4 Å². The van der Waals surface area contributed by atoms with Crippen LogP contribution in [0.1, 0.15) is 30.7 Å². The van der Waals surface area contributed by atoms with Crippen molar-refractivity contribution in [2.45, 2.75) is 32.7 Å². The molecule has 33 heavy (non-hydrogen) atoms. The van der Waals surface area contributed by atoms with Crippen LogP contribution in [0, 0.1) is 12.8 Å². The van der Waals surface area contributed by atoms with E-state index in [1.54, 1.807) is 11.1 Å². The number of carbonyl (C=O) groups excluding carboxylic acids is 2. The average molecular weight is 447 g/mol. The summed E-state index contributed by atoms with van der Waals surface area (Å²) in [6.07, 6.45) is 5.66. The Hall–Kier alpha value is -3.61. The van der Waals surface area contributed by atoms with Crippen molar-refractivity contribution in [3.63, 3.8) is 0 Å². The molecule has 0 spiro atoms. The molecule has 1 saturated heterocycles. The maximum Gasteiger partial charge on any atom is 0.229 e. The number of hydrogen-bond acceptors (Lipinski definition) is 4. The van der Waals surface area contributed by atoms with Crippen LogP contribution in [0.2, 0.25) is 0 Å². The van der Waals surface area contributed by atoms with E-state index in [2.05, 4.69) is 14.9 Å². The van der Waals surface area contributed by atoms with E-state index >= 15 is 0 Å². The van der Waals surface area contributed by atoms with Crippen molar-refractivity contribution in [3.8, 4) is 5.75 Å². The van der Waals surface area contributed by atoms with Gasteiger partial charge in [-0.2, -0.15) is 0 Å². The Labute approximate surface area is 194 Å². The van der Waals surface area contributed by atoms with Gasteiger partial charge in [-0.15, -0.1) is 0 Å². The van der Waals surface area contributed by atoms with Gasteiger partial charge in [-0.05, 0) is 49.6 Å². The number of amides is 2. The Balaban J connectivity index is 1.25. The van der Waals surface area contributed by atoms with Crippen LogP contribution in [-0.2, 0) is 16.1 Å². The molecule has 1 unspecified atom stereocenters. The van der Waals surface area contributed by atoms with E-state index in [1.165, 1.54) is 0 Å². The van der Waals surface area contributed by atoms with Gasteiger partial charge in [0.1, 0.15) is 11.6 Å². The molecule has 172 valence electrons. The second-order valence-corrected chi connectivity index (χ2v) is 8.38.